The molecular formula is C20H24N4O. The molecule has 1 heterocycles. The summed E-state index contributed by atoms with van der Waals surface area (Å²) in [5.41, 5.74) is 9.24. The summed E-state index contributed by atoms with van der Waals surface area (Å²) in [6, 6.07) is 12.1. The highest BCUT2D eigenvalue weighted by atomic mass is 16.5. The Morgan fingerprint density at radius 2 is 2.12 bits per heavy atom. The van der Waals surface area contributed by atoms with E-state index in [9.17, 15) is 5.26 Å². The van der Waals surface area contributed by atoms with E-state index in [1.807, 2.05) is 30.3 Å². The van der Waals surface area contributed by atoms with E-state index >= 15 is 0 Å². The van der Waals surface area contributed by atoms with Gasteiger partial charge in [0.1, 0.15) is 23.2 Å². The van der Waals surface area contributed by atoms with E-state index in [2.05, 4.69) is 30.0 Å². The molecule has 1 aliphatic carbocycles. The van der Waals surface area contributed by atoms with Gasteiger partial charge in [-0.05, 0) is 57.1 Å². The second-order valence-electron chi connectivity index (χ2n) is 6.77. The normalized spacial score (nSPS) is 13.7. The predicted octanol–water partition coefficient (Wildman–Crippen LogP) is 3.41. The standard InChI is InChI=1S/C20H24N4O/c1-24(2)9-4-10-25-16-6-3-5-15(11-16)17-12-19(14-7-8-14)23-20(22)18(17)13-21/h3,5-6,11-12,14H,4,7-10H2,1-2H3,(H2,22,23). The Morgan fingerprint density at radius 3 is 2.80 bits per heavy atom. The van der Waals surface area contributed by atoms with Crippen molar-refractivity contribution >= 4 is 5.82 Å². The van der Waals surface area contributed by atoms with Gasteiger partial charge < -0.3 is 15.4 Å². The average molecular weight is 336 g/mol. The zero-order chi connectivity index (χ0) is 17.8. The number of rotatable bonds is 7. The second-order valence-corrected chi connectivity index (χ2v) is 6.77. The van der Waals surface area contributed by atoms with E-state index in [4.69, 9.17) is 10.5 Å². The molecule has 0 bridgehead atoms. The molecule has 0 saturated heterocycles. The highest BCUT2D eigenvalue weighted by Crippen LogP contribution is 2.41. The Labute approximate surface area is 149 Å². The summed E-state index contributed by atoms with van der Waals surface area (Å²) in [5, 5.41) is 9.49. The number of anilines is 1. The number of benzene rings is 1. The van der Waals surface area contributed by atoms with Gasteiger partial charge in [-0.1, -0.05) is 12.1 Å². The molecule has 5 heteroatoms. The van der Waals surface area contributed by atoms with Crippen LogP contribution in [0.1, 0.15) is 36.4 Å². The fraction of sp³-hybridized carbons (Fsp3) is 0.400. The van der Waals surface area contributed by atoms with Crippen molar-refractivity contribution < 1.29 is 4.74 Å². The van der Waals surface area contributed by atoms with Crippen LogP contribution in [0.15, 0.2) is 30.3 Å². The first-order chi connectivity index (χ1) is 12.1. The molecule has 3 rings (SSSR count). The maximum absolute atomic E-state index is 9.49. The predicted molar refractivity (Wildman–Crippen MR) is 99.4 cm³/mol. The van der Waals surface area contributed by atoms with Gasteiger partial charge in [0.2, 0.25) is 0 Å². The molecule has 2 N–H and O–H groups in total. The van der Waals surface area contributed by atoms with E-state index in [1.54, 1.807) is 0 Å². The summed E-state index contributed by atoms with van der Waals surface area (Å²) in [7, 11) is 4.10. The maximum Gasteiger partial charge on any atom is 0.142 e. The molecule has 0 aliphatic heterocycles. The Morgan fingerprint density at radius 1 is 1.32 bits per heavy atom. The van der Waals surface area contributed by atoms with E-state index in [1.165, 1.54) is 0 Å². The molecular weight excluding hydrogens is 312 g/mol. The Bertz CT molecular complexity index is 791. The quantitative estimate of drug-likeness (QED) is 0.784. The van der Waals surface area contributed by atoms with Gasteiger partial charge in [0.05, 0.1) is 6.61 Å². The van der Waals surface area contributed by atoms with Crippen molar-refractivity contribution in [3.8, 4) is 22.9 Å². The molecule has 25 heavy (non-hydrogen) atoms. The smallest absolute Gasteiger partial charge is 0.142 e. The van der Waals surface area contributed by atoms with Gasteiger partial charge in [0.25, 0.3) is 0 Å². The highest BCUT2D eigenvalue weighted by Gasteiger charge is 2.27. The Hall–Kier alpha value is -2.58. The molecule has 0 amide bonds. The molecule has 2 aromatic rings. The van der Waals surface area contributed by atoms with Gasteiger partial charge in [-0.3, -0.25) is 0 Å². The van der Waals surface area contributed by atoms with Crippen LogP contribution in [0.5, 0.6) is 5.75 Å². The molecule has 1 saturated carbocycles. The number of aromatic nitrogens is 1. The van der Waals surface area contributed by atoms with E-state index in [0.717, 1.165) is 48.4 Å². The van der Waals surface area contributed by atoms with Crippen molar-refractivity contribution in [2.75, 3.05) is 33.0 Å². The van der Waals surface area contributed by atoms with Crippen molar-refractivity contribution in [2.24, 2.45) is 0 Å². The van der Waals surface area contributed by atoms with E-state index in [0.29, 0.717) is 23.9 Å². The highest BCUT2D eigenvalue weighted by molar-refractivity contribution is 5.76. The van der Waals surface area contributed by atoms with Gasteiger partial charge in [0.15, 0.2) is 0 Å². The maximum atomic E-state index is 9.49. The molecule has 0 radical (unpaired) electrons. The van der Waals surface area contributed by atoms with Crippen molar-refractivity contribution in [3.05, 3.63) is 41.6 Å². The van der Waals surface area contributed by atoms with Crippen LogP contribution in [0.2, 0.25) is 0 Å². The zero-order valence-electron chi connectivity index (χ0n) is 14.8. The first kappa shape index (κ1) is 17.2. The van der Waals surface area contributed by atoms with Crippen molar-refractivity contribution in [2.45, 2.75) is 25.2 Å². The summed E-state index contributed by atoms with van der Waals surface area (Å²) in [6.45, 7) is 1.66. The SMILES string of the molecule is CN(C)CCCOc1cccc(-c2cc(C3CC3)nc(N)c2C#N)c1. The minimum Gasteiger partial charge on any atom is -0.494 e. The number of pyridine rings is 1. The lowest BCUT2D eigenvalue weighted by Gasteiger charge is -2.13. The van der Waals surface area contributed by atoms with Crippen LogP contribution in [0, 0.1) is 11.3 Å². The first-order valence-electron chi connectivity index (χ1n) is 8.67. The number of nitrogen functional groups attached to an aromatic ring is 1. The third-order valence-electron chi connectivity index (χ3n) is 4.34. The fourth-order valence-electron chi connectivity index (χ4n) is 2.84. The van der Waals surface area contributed by atoms with Crippen LogP contribution < -0.4 is 10.5 Å². The van der Waals surface area contributed by atoms with Crippen LogP contribution in [0.3, 0.4) is 0 Å². The second kappa shape index (κ2) is 7.54. The lowest BCUT2D eigenvalue weighted by atomic mass is 9.99. The van der Waals surface area contributed by atoms with E-state index in [-0.39, 0.29) is 0 Å². The van der Waals surface area contributed by atoms with Crippen LogP contribution in [0.25, 0.3) is 11.1 Å². The zero-order valence-corrected chi connectivity index (χ0v) is 14.8. The minimum absolute atomic E-state index is 0.319. The van der Waals surface area contributed by atoms with Gasteiger partial charge in [-0.15, -0.1) is 0 Å². The molecule has 5 nitrogen and oxygen atoms in total. The lowest BCUT2D eigenvalue weighted by Crippen LogP contribution is -2.15. The molecule has 0 spiro atoms. The number of nitriles is 1. The van der Waals surface area contributed by atoms with Crippen LogP contribution in [0.4, 0.5) is 5.82 Å². The topological polar surface area (TPSA) is 75.2 Å². The van der Waals surface area contributed by atoms with Crippen molar-refractivity contribution in [1.29, 1.82) is 5.26 Å². The molecule has 1 fully saturated rings. The van der Waals surface area contributed by atoms with Crippen molar-refractivity contribution in [3.63, 3.8) is 0 Å². The van der Waals surface area contributed by atoms with E-state index < -0.39 is 0 Å². The lowest BCUT2D eigenvalue weighted by molar-refractivity contribution is 0.281. The summed E-state index contributed by atoms with van der Waals surface area (Å²) in [6.07, 6.45) is 3.26. The number of nitrogens with zero attached hydrogens (tertiary/aromatic N) is 3. The van der Waals surface area contributed by atoms with Gasteiger partial charge in [0, 0.05) is 23.7 Å². The number of hydrogen-bond acceptors (Lipinski definition) is 5. The minimum atomic E-state index is 0.319. The molecule has 130 valence electrons. The molecule has 0 unspecified atom stereocenters. The molecule has 0 atom stereocenters. The fourth-order valence-corrected chi connectivity index (χ4v) is 2.84. The summed E-state index contributed by atoms with van der Waals surface area (Å²) < 4.78 is 5.86. The Balaban J connectivity index is 1.84. The molecule has 1 aromatic heterocycles. The van der Waals surface area contributed by atoms with Crippen molar-refractivity contribution in [1.82, 2.24) is 9.88 Å². The summed E-state index contributed by atoms with van der Waals surface area (Å²) in [5.74, 6) is 1.61. The third-order valence-corrected chi connectivity index (χ3v) is 4.34. The van der Waals surface area contributed by atoms with Gasteiger partial charge in [-0.25, -0.2) is 4.98 Å². The number of nitrogens with two attached hydrogens (primary N) is 1. The Kier molecular flexibility index (Phi) is 5.20. The van der Waals surface area contributed by atoms with Crippen LogP contribution >= 0.6 is 0 Å². The number of ether oxygens (including phenoxy) is 1. The third kappa shape index (κ3) is 4.28. The first-order valence-corrected chi connectivity index (χ1v) is 8.67. The summed E-state index contributed by atoms with van der Waals surface area (Å²) in [4.78, 5) is 6.55. The van der Waals surface area contributed by atoms with Crippen LogP contribution in [-0.4, -0.2) is 37.1 Å². The largest absolute Gasteiger partial charge is 0.494 e. The monoisotopic (exact) mass is 336 g/mol. The van der Waals surface area contributed by atoms with Gasteiger partial charge in [-0.2, -0.15) is 5.26 Å². The van der Waals surface area contributed by atoms with Gasteiger partial charge >= 0.3 is 0 Å². The van der Waals surface area contributed by atoms with Crippen LogP contribution in [-0.2, 0) is 0 Å². The molecule has 1 aliphatic rings. The molecule has 1 aromatic carbocycles. The number of hydrogen-bond donors (Lipinski definition) is 1. The average Bonchev–Trinajstić information content (AvgIpc) is 3.43. The summed E-state index contributed by atoms with van der Waals surface area (Å²) >= 11 is 0.